The number of carbonyl (C=O) groups excluding carboxylic acids is 1. The van der Waals surface area contributed by atoms with Crippen LogP contribution in [0.5, 0.6) is 0 Å². The van der Waals surface area contributed by atoms with Crippen molar-refractivity contribution in [3.63, 3.8) is 0 Å². The van der Waals surface area contributed by atoms with Crippen molar-refractivity contribution in [1.29, 1.82) is 5.26 Å². The van der Waals surface area contributed by atoms with Gasteiger partial charge in [-0.15, -0.1) is 0 Å². The maximum Gasteiger partial charge on any atom is 0.266 e. The number of hydrogen-bond acceptors (Lipinski definition) is 2. The summed E-state index contributed by atoms with van der Waals surface area (Å²) in [4.78, 5) is 12.2. The molecule has 2 rings (SSSR count). The highest BCUT2D eigenvalue weighted by Crippen LogP contribution is 2.30. The lowest BCUT2D eigenvalue weighted by molar-refractivity contribution is -0.112. The Hall–Kier alpha value is -1.70. The second-order valence-electron chi connectivity index (χ2n) is 4.36. The molecular formula is C16H8Cl4N2O. The van der Waals surface area contributed by atoms with E-state index in [0.717, 1.165) is 0 Å². The zero-order valence-electron chi connectivity index (χ0n) is 11.4. The van der Waals surface area contributed by atoms with Crippen LogP contribution in [-0.2, 0) is 4.79 Å². The summed E-state index contributed by atoms with van der Waals surface area (Å²) in [5.74, 6) is -0.646. The van der Waals surface area contributed by atoms with Gasteiger partial charge in [-0.3, -0.25) is 4.79 Å². The van der Waals surface area contributed by atoms with Crippen molar-refractivity contribution in [1.82, 2.24) is 0 Å². The Balaban J connectivity index is 2.35. The van der Waals surface area contributed by atoms with E-state index in [0.29, 0.717) is 26.3 Å². The molecule has 23 heavy (non-hydrogen) atoms. The van der Waals surface area contributed by atoms with Crippen LogP contribution in [0.15, 0.2) is 42.0 Å². The first-order valence-electron chi connectivity index (χ1n) is 6.25. The Morgan fingerprint density at radius 3 is 2.17 bits per heavy atom. The highest BCUT2D eigenvalue weighted by Gasteiger charge is 2.14. The second kappa shape index (κ2) is 7.72. The summed E-state index contributed by atoms with van der Waals surface area (Å²) in [6.45, 7) is 0. The molecule has 2 aromatic rings. The van der Waals surface area contributed by atoms with Crippen LogP contribution in [0, 0.1) is 11.3 Å². The molecule has 0 bridgehead atoms. The van der Waals surface area contributed by atoms with Gasteiger partial charge in [0, 0.05) is 15.6 Å². The van der Waals surface area contributed by atoms with E-state index in [1.807, 2.05) is 6.07 Å². The van der Waals surface area contributed by atoms with Gasteiger partial charge in [-0.2, -0.15) is 5.26 Å². The van der Waals surface area contributed by atoms with E-state index >= 15 is 0 Å². The monoisotopic (exact) mass is 384 g/mol. The maximum absolute atomic E-state index is 12.2. The van der Waals surface area contributed by atoms with Crippen LogP contribution in [0.2, 0.25) is 20.1 Å². The quantitative estimate of drug-likeness (QED) is 0.532. The van der Waals surface area contributed by atoms with Crippen molar-refractivity contribution >= 4 is 64.1 Å². The molecule has 0 unspecified atom stereocenters. The fourth-order valence-electron chi connectivity index (χ4n) is 1.73. The lowest BCUT2D eigenvalue weighted by atomic mass is 10.1. The summed E-state index contributed by atoms with van der Waals surface area (Å²) < 4.78 is 0. The normalized spacial score (nSPS) is 11.0. The molecule has 1 N–H and O–H groups in total. The van der Waals surface area contributed by atoms with Crippen molar-refractivity contribution in [3.8, 4) is 6.07 Å². The Bertz CT molecular complexity index is 820. The number of benzene rings is 2. The molecule has 2 aromatic carbocycles. The van der Waals surface area contributed by atoms with Gasteiger partial charge in [0.1, 0.15) is 11.6 Å². The van der Waals surface area contributed by atoms with Gasteiger partial charge in [-0.25, -0.2) is 0 Å². The lowest BCUT2D eigenvalue weighted by Crippen LogP contribution is -2.13. The van der Waals surface area contributed by atoms with E-state index in [9.17, 15) is 10.1 Å². The SMILES string of the molecule is N#C/C(=C\c1c(Cl)cccc1Cl)C(=O)Nc1cccc(Cl)c1Cl. The van der Waals surface area contributed by atoms with Crippen LogP contribution in [0.25, 0.3) is 6.08 Å². The third-order valence-corrected chi connectivity index (χ3v) is 4.33. The third kappa shape index (κ3) is 4.19. The molecular weight excluding hydrogens is 378 g/mol. The van der Waals surface area contributed by atoms with Crippen molar-refractivity contribution in [3.05, 3.63) is 67.6 Å². The van der Waals surface area contributed by atoms with Crippen molar-refractivity contribution in [2.75, 3.05) is 5.32 Å². The standard InChI is InChI=1S/C16H8Cl4N2O/c17-11-3-1-4-12(18)10(11)7-9(8-21)16(23)22-14-6-2-5-13(19)15(14)20/h1-7H,(H,22,23)/b9-7+. The van der Waals surface area contributed by atoms with Crippen LogP contribution >= 0.6 is 46.4 Å². The number of carbonyl (C=O) groups is 1. The van der Waals surface area contributed by atoms with Gasteiger partial charge in [0.05, 0.1) is 15.7 Å². The van der Waals surface area contributed by atoms with Gasteiger partial charge in [0.2, 0.25) is 0 Å². The predicted molar refractivity (Wildman–Crippen MR) is 95.1 cm³/mol. The fraction of sp³-hybridized carbons (Fsp3) is 0. The molecule has 0 aliphatic heterocycles. The zero-order valence-corrected chi connectivity index (χ0v) is 14.4. The fourth-order valence-corrected chi connectivity index (χ4v) is 2.59. The van der Waals surface area contributed by atoms with Crippen molar-refractivity contribution < 1.29 is 4.79 Å². The molecule has 0 atom stereocenters. The summed E-state index contributed by atoms with van der Waals surface area (Å²) >= 11 is 24.0. The van der Waals surface area contributed by atoms with Gasteiger partial charge in [0.15, 0.2) is 0 Å². The number of nitriles is 1. The number of hydrogen-bond donors (Lipinski definition) is 1. The Morgan fingerprint density at radius 2 is 1.57 bits per heavy atom. The van der Waals surface area contributed by atoms with Gasteiger partial charge in [-0.05, 0) is 30.3 Å². The van der Waals surface area contributed by atoms with E-state index in [1.54, 1.807) is 36.4 Å². The molecule has 0 saturated heterocycles. The average Bonchev–Trinajstić information content (AvgIpc) is 2.51. The Morgan fingerprint density at radius 1 is 1.00 bits per heavy atom. The van der Waals surface area contributed by atoms with E-state index < -0.39 is 5.91 Å². The van der Waals surface area contributed by atoms with Gasteiger partial charge < -0.3 is 5.32 Å². The van der Waals surface area contributed by atoms with Crippen LogP contribution in [0.4, 0.5) is 5.69 Å². The number of amides is 1. The molecule has 0 radical (unpaired) electrons. The maximum atomic E-state index is 12.2. The molecule has 0 heterocycles. The van der Waals surface area contributed by atoms with Crippen LogP contribution in [0.1, 0.15) is 5.56 Å². The van der Waals surface area contributed by atoms with Crippen LogP contribution in [0.3, 0.4) is 0 Å². The smallest absolute Gasteiger partial charge is 0.266 e. The van der Waals surface area contributed by atoms with Gasteiger partial charge >= 0.3 is 0 Å². The highest BCUT2D eigenvalue weighted by atomic mass is 35.5. The first-order valence-corrected chi connectivity index (χ1v) is 7.76. The van der Waals surface area contributed by atoms with Gasteiger partial charge in [0.25, 0.3) is 5.91 Å². The minimum Gasteiger partial charge on any atom is -0.320 e. The third-order valence-electron chi connectivity index (χ3n) is 2.85. The molecule has 7 heteroatoms. The summed E-state index contributed by atoms with van der Waals surface area (Å²) in [6, 6.07) is 11.5. The Labute approximate surface area is 153 Å². The number of halogens is 4. The summed E-state index contributed by atoms with van der Waals surface area (Å²) in [5, 5.41) is 12.9. The molecule has 0 aromatic heterocycles. The molecule has 0 aliphatic carbocycles. The van der Waals surface area contributed by atoms with Crippen molar-refractivity contribution in [2.45, 2.75) is 0 Å². The topological polar surface area (TPSA) is 52.9 Å². The average molecular weight is 386 g/mol. The molecule has 0 spiro atoms. The summed E-state index contributed by atoms with van der Waals surface area (Å²) in [7, 11) is 0. The van der Waals surface area contributed by atoms with Crippen molar-refractivity contribution in [2.24, 2.45) is 0 Å². The number of anilines is 1. The predicted octanol–water partition coefficient (Wildman–Crippen LogP) is 5.85. The number of nitrogens with one attached hydrogen (secondary N) is 1. The van der Waals surface area contributed by atoms with E-state index in [1.165, 1.54) is 6.08 Å². The molecule has 0 fully saturated rings. The number of rotatable bonds is 3. The van der Waals surface area contributed by atoms with Crippen LogP contribution < -0.4 is 5.32 Å². The first kappa shape index (κ1) is 17.7. The zero-order chi connectivity index (χ0) is 17.0. The molecule has 0 aliphatic rings. The molecule has 1 amide bonds. The minimum atomic E-state index is -0.646. The molecule has 0 saturated carbocycles. The van der Waals surface area contributed by atoms with E-state index in [2.05, 4.69) is 5.32 Å². The van der Waals surface area contributed by atoms with E-state index in [-0.39, 0.29) is 10.6 Å². The Kier molecular flexibility index (Phi) is 5.92. The summed E-state index contributed by atoms with van der Waals surface area (Å²) in [5.41, 5.74) is 0.520. The molecule has 3 nitrogen and oxygen atoms in total. The number of nitrogens with zero attached hydrogens (tertiary/aromatic N) is 1. The summed E-state index contributed by atoms with van der Waals surface area (Å²) in [6.07, 6.45) is 1.32. The van der Waals surface area contributed by atoms with E-state index in [4.69, 9.17) is 46.4 Å². The lowest BCUT2D eigenvalue weighted by Gasteiger charge is -2.08. The second-order valence-corrected chi connectivity index (χ2v) is 5.96. The van der Waals surface area contributed by atoms with Gasteiger partial charge in [-0.1, -0.05) is 58.5 Å². The van der Waals surface area contributed by atoms with Crippen LogP contribution in [-0.4, -0.2) is 5.91 Å². The largest absolute Gasteiger partial charge is 0.320 e. The highest BCUT2D eigenvalue weighted by molar-refractivity contribution is 6.44. The minimum absolute atomic E-state index is 0.170. The molecule has 116 valence electrons. The first-order chi connectivity index (χ1) is 10.9.